The first-order valence-electron chi connectivity index (χ1n) is 5.97. The summed E-state index contributed by atoms with van der Waals surface area (Å²) in [7, 11) is 1.74. The topological polar surface area (TPSA) is 38.5 Å². The van der Waals surface area contributed by atoms with Crippen LogP contribution in [-0.4, -0.2) is 31.2 Å². The Kier molecular flexibility index (Phi) is 3.97. The first-order chi connectivity index (χ1) is 8.17. The van der Waals surface area contributed by atoms with E-state index in [1.54, 1.807) is 13.2 Å². The summed E-state index contributed by atoms with van der Waals surface area (Å²) in [5, 5.41) is 0. The molecule has 0 bridgehead atoms. The fraction of sp³-hybridized carbons (Fsp3) is 0.538. The highest BCUT2D eigenvalue weighted by Gasteiger charge is 2.19. The maximum absolute atomic E-state index is 13.2. The summed E-state index contributed by atoms with van der Waals surface area (Å²) in [6.07, 6.45) is 2.54. The van der Waals surface area contributed by atoms with Crippen molar-refractivity contribution in [2.24, 2.45) is 0 Å². The highest BCUT2D eigenvalue weighted by Crippen LogP contribution is 2.17. The molecule has 0 aliphatic carbocycles. The Morgan fingerprint density at radius 3 is 3.00 bits per heavy atom. The Labute approximate surface area is 101 Å². The molecular formula is C13H19FN2O. The number of nitrogens with zero attached hydrogens (tertiary/aromatic N) is 1. The molecule has 1 unspecified atom stereocenters. The van der Waals surface area contributed by atoms with E-state index in [1.165, 1.54) is 6.07 Å². The zero-order valence-corrected chi connectivity index (χ0v) is 10.2. The van der Waals surface area contributed by atoms with Gasteiger partial charge in [0, 0.05) is 25.9 Å². The van der Waals surface area contributed by atoms with Crippen LogP contribution >= 0.6 is 0 Å². The van der Waals surface area contributed by atoms with Gasteiger partial charge in [0.15, 0.2) is 0 Å². The van der Waals surface area contributed by atoms with E-state index in [-0.39, 0.29) is 5.82 Å². The lowest BCUT2D eigenvalue weighted by Gasteiger charge is -2.31. The molecule has 1 atom stereocenters. The lowest BCUT2D eigenvalue weighted by Crippen LogP contribution is -2.38. The minimum Gasteiger partial charge on any atom is -0.399 e. The predicted octanol–water partition coefficient (Wildman–Crippen LogP) is 2.02. The van der Waals surface area contributed by atoms with Gasteiger partial charge in [-0.1, -0.05) is 0 Å². The minimum atomic E-state index is -0.264. The second-order valence-electron chi connectivity index (χ2n) is 4.63. The van der Waals surface area contributed by atoms with Crippen LogP contribution in [0.1, 0.15) is 18.4 Å². The van der Waals surface area contributed by atoms with E-state index in [1.807, 2.05) is 6.07 Å². The molecule has 0 amide bonds. The molecule has 94 valence electrons. The molecule has 1 aliphatic heterocycles. The van der Waals surface area contributed by atoms with Gasteiger partial charge in [-0.25, -0.2) is 4.39 Å². The van der Waals surface area contributed by atoms with Crippen LogP contribution in [-0.2, 0) is 11.3 Å². The molecule has 0 saturated carbocycles. The SMILES string of the molecule is COC1CCCN(Cc2cc(N)cc(F)c2)C1. The summed E-state index contributed by atoms with van der Waals surface area (Å²) in [4.78, 5) is 2.28. The summed E-state index contributed by atoms with van der Waals surface area (Å²) in [5.74, 6) is -0.264. The van der Waals surface area contributed by atoms with Crippen molar-refractivity contribution in [1.29, 1.82) is 0 Å². The van der Waals surface area contributed by atoms with Crippen molar-refractivity contribution in [3.63, 3.8) is 0 Å². The number of hydrogen-bond donors (Lipinski definition) is 1. The van der Waals surface area contributed by atoms with E-state index in [0.717, 1.165) is 38.0 Å². The molecule has 3 nitrogen and oxygen atoms in total. The van der Waals surface area contributed by atoms with Crippen LogP contribution in [0, 0.1) is 5.82 Å². The quantitative estimate of drug-likeness (QED) is 0.819. The van der Waals surface area contributed by atoms with Gasteiger partial charge in [0.25, 0.3) is 0 Å². The standard InChI is InChI=1S/C13H19FN2O/c1-17-13-3-2-4-16(9-13)8-10-5-11(14)7-12(15)6-10/h5-7,13H,2-4,8-9,15H2,1H3. The van der Waals surface area contributed by atoms with Crippen LogP contribution in [0.25, 0.3) is 0 Å². The lowest BCUT2D eigenvalue weighted by molar-refractivity contribution is 0.0285. The van der Waals surface area contributed by atoms with Crippen LogP contribution in [0.15, 0.2) is 18.2 Å². The normalized spacial score (nSPS) is 21.6. The van der Waals surface area contributed by atoms with E-state index >= 15 is 0 Å². The average Bonchev–Trinajstić information content (AvgIpc) is 2.28. The third-order valence-corrected chi connectivity index (χ3v) is 3.18. The zero-order valence-electron chi connectivity index (χ0n) is 10.2. The van der Waals surface area contributed by atoms with E-state index in [9.17, 15) is 4.39 Å². The lowest BCUT2D eigenvalue weighted by atomic mass is 10.1. The van der Waals surface area contributed by atoms with E-state index in [2.05, 4.69) is 4.90 Å². The summed E-state index contributed by atoms with van der Waals surface area (Å²) in [5.41, 5.74) is 7.05. The van der Waals surface area contributed by atoms with Gasteiger partial charge in [-0.3, -0.25) is 4.90 Å². The first-order valence-corrected chi connectivity index (χ1v) is 5.97. The van der Waals surface area contributed by atoms with Crippen molar-refractivity contribution < 1.29 is 9.13 Å². The number of benzene rings is 1. The van der Waals surface area contributed by atoms with Gasteiger partial charge >= 0.3 is 0 Å². The van der Waals surface area contributed by atoms with Crippen molar-refractivity contribution in [3.05, 3.63) is 29.6 Å². The number of likely N-dealkylation sites (tertiary alicyclic amines) is 1. The van der Waals surface area contributed by atoms with Gasteiger partial charge < -0.3 is 10.5 Å². The molecule has 1 aromatic rings. The van der Waals surface area contributed by atoms with Crippen molar-refractivity contribution in [3.8, 4) is 0 Å². The zero-order chi connectivity index (χ0) is 12.3. The fourth-order valence-electron chi connectivity index (χ4n) is 2.37. The van der Waals surface area contributed by atoms with Gasteiger partial charge in [0.05, 0.1) is 6.10 Å². The molecule has 1 fully saturated rings. The maximum Gasteiger partial charge on any atom is 0.125 e. The van der Waals surface area contributed by atoms with Crippen molar-refractivity contribution >= 4 is 5.69 Å². The van der Waals surface area contributed by atoms with Crippen LogP contribution in [0.3, 0.4) is 0 Å². The summed E-state index contributed by atoms with van der Waals surface area (Å²) >= 11 is 0. The summed E-state index contributed by atoms with van der Waals surface area (Å²) < 4.78 is 18.6. The number of rotatable bonds is 3. The largest absolute Gasteiger partial charge is 0.399 e. The number of methoxy groups -OCH3 is 1. The second kappa shape index (κ2) is 5.47. The van der Waals surface area contributed by atoms with Gasteiger partial charge in [-0.05, 0) is 43.1 Å². The van der Waals surface area contributed by atoms with E-state index in [4.69, 9.17) is 10.5 Å². The third kappa shape index (κ3) is 3.41. The van der Waals surface area contributed by atoms with Gasteiger partial charge in [0.1, 0.15) is 5.82 Å². The molecule has 1 aliphatic rings. The Balaban J connectivity index is 2.00. The molecule has 1 aromatic carbocycles. The predicted molar refractivity (Wildman–Crippen MR) is 66.1 cm³/mol. The molecule has 17 heavy (non-hydrogen) atoms. The number of nitrogens with two attached hydrogens (primary N) is 1. The van der Waals surface area contributed by atoms with Gasteiger partial charge in [-0.2, -0.15) is 0 Å². The molecule has 2 rings (SSSR count). The van der Waals surface area contributed by atoms with E-state index in [0.29, 0.717) is 11.8 Å². The van der Waals surface area contributed by atoms with Gasteiger partial charge in [0.2, 0.25) is 0 Å². The molecule has 1 saturated heterocycles. The number of ether oxygens (including phenoxy) is 1. The average molecular weight is 238 g/mol. The van der Waals surface area contributed by atoms with Crippen LogP contribution in [0.2, 0.25) is 0 Å². The number of piperidine rings is 1. The Bertz CT molecular complexity index is 363. The second-order valence-corrected chi connectivity index (χ2v) is 4.63. The van der Waals surface area contributed by atoms with Crippen molar-refractivity contribution in [2.75, 3.05) is 25.9 Å². The number of nitrogen functional groups attached to an aromatic ring is 1. The summed E-state index contributed by atoms with van der Waals surface area (Å²) in [6.45, 7) is 2.69. The van der Waals surface area contributed by atoms with Crippen molar-refractivity contribution in [2.45, 2.75) is 25.5 Å². The molecule has 0 radical (unpaired) electrons. The third-order valence-electron chi connectivity index (χ3n) is 3.18. The minimum absolute atomic E-state index is 0.264. The Morgan fingerprint density at radius 1 is 1.47 bits per heavy atom. The number of hydrogen-bond acceptors (Lipinski definition) is 3. The first kappa shape index (κ1) is 12.3. The highest BCUT2D eigenvalue weighted by atomic mass is 19.1. The van der Waals surface area contributed by atoms with Crippen LogP contribution in [0.4, 0.5) is 10.1 Å². The van der Waals surface area contributed by atoms with Crippen LogP contribution in [0.5, 0.6) is 0 Å². The smallest absolute Gasteiger partial charge is 0.125 e. The number of halogens is 1. The maximum atomic E-state index is 13.2. The monoisotopic (exact) mass is 238 g/mol. The number of anilines is 1. The molecule has 0 aromatic heterocycles. The van der Waals surface area contributed by atoms with E-state index < -0.39 is 0 Å². The fourth-order valence-corrected chi connectivity index (χ4v) is 2.37. The molecule has 4 heteroatoms. The van der Waals surface area contributed by atoms with Gasteiger partial charge in [-0.15, -0.1) is 0 Å². The Hall–Kier alpha value is -1.13. The van der Waals surface area contributed by atoms with Crippen LogP contribution < -0.4 is 5.73 Å². The molecule has 2 N–H and O–H groups in total. The Morgan fingerprint density at radius 2 is 2.29 bits per heavy atom. The molecule has 1 heterocycles. The molecular weight excluding hydrogens is 219 g/mol. The summed E-state index contributed by atoms with van der Waals surface area (Å²) in [6, 6.07) is 4.73. The highest BCUT2D eigenvalue weighted by molar-refractivity contribution is 5.41. The molecule has 0 spiro atoms. The van der Waals surface area contributed by atoms with Crippen molar-refractivity contribution in [1.82, 2.24) is 4.90 Å².